The maximum absolute atomic E-state index is 11.7. The molecule has 4 heteroatoms. The van der Waals surface area contributed by atoms with E-state index in [9.17, 15) is 4.79 Å². The summed E-state index contributed by atoms with van der Waals surface area (Å²) in [5.41, 5.74) is -0.382. The second-order valence-corrected chi connectivity index (χ2v) is 5.81. The van der Waals surface area contributed by atoms with Crippen LogP contribution in [0.5, 0.6) is 0 Å². The fraction of sp³-hybridized carbons (Fsp3) is 0.929. The number of hydrogen-bond donors (Lipinski definition) is 1. The molecule has 0 amide bonds. The van der Waals surface area contributed by atoms with Crippen molar-refractivity contribution in [3.05, 3.63) is 0 Å². The minimum atomic E-state index is -0.382. The molecular formula is C14H28N2O2. The van der Waals surface area contributed by atoms with Crippen LogP contribution in [-0.2, 0) is 9.53 Å². The Morgan fingerprint density at radius 1 is 1.44 bits per heavy atom. The Morgan fingerprint density at radius 3 is 2.67 bits per heavy atom. The topological polar surface area (TPSA) is 41.6 Å². The van der Waals surface area contributed by atoms with Crippen molar-refractivity contribution in [3.8, 4) is 0 Å². The van der Waals surface area contributed by atoms with Crippen molar-refractivity contribution in [1.82, 2.24) is 10.2 Å². The van der Waals surface area contributed by atoms with Crippen LogP contribution >= 0.6 is 0 Å². The molecule has 0 aromatic carbocycles. The SMILES string of the molecule is CCCN(CCC(C)(C)C(=O)OC)C1CCNC1. The number of hydrogen-bond acceptors (Lipinski definition) is 4. The summed E-state index contributed by atoms with van der Waals surface area (Å²) in [5.74, 6) is -0.108. The van der Waals surface area contributed by atoms with Crippen molar-refractivity contribution >= 4 is 5.97 Å². The van der Waals surface area contributed by atoms with Crippen LogP contribution in [0.1, 0.15) is 40.0 Å². The van der Waals surface area contributed by atoms with Crippen molar-refractivity contribution < 1.29 is 9.53 Å². The average molecular weight is 256 g/mol. The van der Waals surface area contributed by atoms with Crippen molar-refractivity contribution in [2.24, 2.45) is 5.41 Å². The molecule has 0 aromatic heterocycles. The smallest absolute Gasteiger partial charge is 0.311 e. The second kappa shape index (κ2) is 7.10. The largest absolute Gasteiger partial charge is 0.469 e. The van der Waals surface area contributed by atoms with Crippen molar-refractivity contribution in [3.63, 3.8) is 0 Å². The van der Waals surface area contributed by atoms with Gasteiger partial charge in [-0.3, -0.25) is 9.69 Å². The van der Waals surface area contributed by atoms with E-state index >= 15 is 0 Å². The van der Waals surface area contributed by atoms with Gasteiger partial charge in [-0.1, -0.05) is 6.92 Å². The van der Waals surface area contributed by atoms with Gasteiger partial charge < -0.3 is 10.1 Å². The molecule has 1 aliphatic heterocycles. The number of rotatable bonds is 7. The van der Waals surface area contributed by atoms with E-state index in [0.717, 1.165) is 39.0 Å². The Labute approximate surface area is 111 Å². The summed E-state index contributed by atoms with van der Waals surface area (Å²) in [7, 11) is 1.47. The highest BCUT2D eigenvalue weighted by atomic mass is 16.5. The zero-order valence-corrected chi connectivity index (χ0v) is 12.3. The van der Waals surface area contributed by atoms with Crippen molar-refractivity contribution in [2.45, 2.75) is 46.1 Å². The van der Waals surface area contributed by atoms with Crippen LogP contribution in [-0.4, -0.2) is 50.2 Å². The van der Waals surface area contributed by atoms with E-state index in [4.69, 9.17) is 4.74 Å². The minimum absolute atomic E-state index is 0.108. The number of nitrogens with one attached hydrogen (secondary N) is 1. The van der Waals surface area contributed by atoms with Gasteiger partial charge in [-0.25, -0.2) is 0 Å². The van der Waals surface area contributed by atoms with Gasteiger partial charge in [0.15, 0.2) is 0 Å². The molecule has 1 N–H and O–H groups in total. The number of methoxy groups -OCH3 is 1. The Morgan fingerprint density at radius 2 is 2.17 bits per heavy atom. The molecule has 0 saturated carbocycles. The second-order valence-electron chi connectivity index (χ2n) is 5.81. The van der Waals surface area contributed by atoms with Crippen LogP contribution in [0.4, 0.5) is 0 Å². The van der Waals surface area contributed by atoms with Crippen molar-refractivity contribution in [1.29, 1.82) is 0 Å². The molecule has 1 rings (SSSR count). The molecule has 106 valence electrons. The van der Waals surface area contributed by atoms with Crippen LogP contribution in [0.25, 0.3) is 0 Å². The molecule has 1 aliphatic rings. The third kappa shape index (κ3) is 4.25. The molecule has 1 unspecified atom stereocenters. The molecule has 0 bridgehead atoms. The molecule has 0 spiro atoms. The van der Waals surface area contributed by atoms with E-state index in [2.05, 4.69) is 17.1 Å². The lowest BCUT2D eigenvalue weighted by Gasteiger charge is -2.31. The lowest BCUT2D eigenvalue weighted by Crippen LogP contribution is -2.40. The fourth-order valence-electron chi connectivity index (χ4n) is 2.52. The van der Waals surface area contributed by atoms with Crippen LogP contribution in [0.3, 0.4) is 0 Å². The highest BCUT2D eigenvalue weighted by Crippen LogP contribution is 2.23. The Bertz CT molecular complexity index is 261. The molecule has 18 heavy (non-hydrogen) atoms. The Hall–Kier alpha value is -0.610. The van der Waals surface area contributed by atoms with Gasteiger partial charge >= 0.3 is 5.97 Å². The summed E-state index contributed by atoms with van der Waals surface area (Å²) in [6.07, 6.45) is 3.24. The minimum Gasteiger partial charge on any atom is -0.469 e. The van der Waals surface area contributed by atoms with Gasteiger partial charge in [0.05, 0.1) is 12.5 Å². The molecule has 0 radical (unpaired) electrons. The lowest BCUT2D eigenvalue weighted by atomic mass is 9.89. The van der Waals surface area contributed by atoms with Crippen LogP contribution < -0.4 is 5.32 Å². The molecule has 1 saturated heterocycles. The summed E-state index contributed by atoms with van der Waals surface area (Å²) in [6.45, 7) is 10.4. The van der Waals surface area contributed by atoms with E-state index in [1.165, 1.54) is 13.5 Å². The molecular weight excluding hydrogens is 228 g/mol. The highest BCUT2D eigenvalue weighted by molar-refractivity contribution is 5.75. The number of ether oxygens (including phenoxy) is 1. The predicted molar refractivity (Wildman–Crippen MR) is 73.6 cm³/mol. The van der Waals surface area contributed by atoms with Gasteiger partial charge in [0.1, 0.15) is 0 Å². The van der Waals surface area contributed by atoms with Crippen LogP contribution in [0, 0.1) is 5.41 Å². The van der Waals surface area contributed by atoms with E-state index in [-0.39, 0.29) is 11.4 Å². The number of nitrogens with zero attached hydrogens (tertiary/aromatic N) is 1. The molecule has 1 fully saturated rings. The third-order valence-corrected chi connectivity index (χ3v) is 3.82. The van der Waals surface area contributed by atoms with Crippen molar-refractivity contribution in [2.75, 3.05) is 33.3 Å². The quantitative estimate of drug-likeness (QED) is 0.703. The summed E-state index contributed by atoms with van der Waals surface area (Å²) in [5, 5.41) is 3.41. The van der Waals surface area contributed by atoms with E-state index in [1.807, 2.05) is 13.8 Å². The summed E-state index contributed by atoms with van der Waals surface area (Å²) >= 11 is 0. The number of esters is 1. The van der Waals surface area contributed by atoms with Gasteiger partial charge in [0.2, 0.25) is 0 Å². The molecule has 0 aliphatic carbocycles. The van der Waals surface area contributed by atoms with Gasteiger partial charge in [-0.05, 0) is 52.7 Å². The maximum Gasteiger partial charge on any atom is 0.311 e. The first-order valence-electron chi connectivity index (χ1n) is 7.04. The zero-order chi connectivity index (χ0) is 13.6. The Balaban J connectivity index is 2.48. The summed E-state index contributed by atoms with van der Waals surface area (Å²) in [4.78, 5) is 14.2. The number of carbonyl (C=O) groups excluding carboxylic acids is 1. The molecule has 4 nitrogen and oxygen atoms in total. The predicted octanol–water partition coefficient (Wildman–Crippen LogP) is 1.65. The first-order chi connectivity index (χ1) is 8.51. The summed E-state index contributed by atoms with van der Waals surface area (Å²) < 4.78 is 4.86. The molecule has 1 heterocycles. The molecule has 1 atom stereocenters. The van der Waals surface area contributed by atoms with E-state index in [0.29, 0.717) is 6.04 Å². The van der Waals surface area contributed by atoms with Gasteiger partial charge in [-0.15, -0.1) is 0 Å². The number of carbonyl (C=O) groups is 1. The zero-order valence-electron chi connectivity index (χ0n) is 12.3. The first kappa shape index (κ1) is 15.4. The Kier molecular flexibility index (Phi) is 6.09. The van der Waals surface area contributed by atoms with Gasteiger partial charge in [0.25, 0.3) is 0 Å². The highest BCUT2D eigenvalue weighted by Gasteiger charge is 2.30. The van der Waals surface area contributed by atoms with Gasteiger partial charge in [-0.2, -0.15) is 0 Å². The van der Waals surface area contributed by atoms with E-state index < -0.39 is 0 Å². The maximum atomic E-state index is 11.7. The molecule has 0 aromatic rings. The average Bonchev–Trinajstić information content (AvgIpc) is 2.87. The van der Waals surface area contributed by atoms with Crippen LogP contribution in [0.15, 0.2) is 0 Å². The van der Waals surface area contributed by atoms with Gasteiger partial charge in [0, 0.05) is 12.6 Å². The third-order valence-electron chi connectivity index (χ3n) is 3.82. The van der Waals surface area contributed by atoms with Crippen LogP contribution in [0.2, 0.25) is 0 Å². The first-order valence-corrected chi connectivity index (χ1v) is 7.04. The monoisotopic (exact) mass is 256 g/mol. The van der Waals surface area contributed by atoms with E-state index in [1.54, 1.807) is 0 Å². The fourth-order valence-corrected chi connectivity index (χ4v) is 2.52. The standard InChI is InChI=1S/C14H28N2O2/c1-5-9-16(12-6-8-15-11-12)10-7-14(2,3)13(17)18-4/h12,15H,5-11H2,1-4H3. The lowest BCUT2D eigenvalue weighted by molar-refractivity contribution is -0.151. The summed E-state index contributed by atoms with van der Waals surface area (Å²) in [6, 6.07) is 0.637. The normalized spacial score (nSPS) is 20.4.